The topological polar surface area (TPSA) is 50.7 Å². The van der Waals surface area contributed by atoms with E-state index in [2.05, 4.69) is 5.32 Å². The second-order valence-corrected chi connectivity index (χ2v) is 5.37. The summed E-state index contributed by atoms with van der Waals surface area (Å²) in [5.41, 5.74) is 2.28. The molecule has 0 aromatic heterocycles. The van der Waals surface area contributed by atoms with Gasteiger partial charge in [-0.05, 0) is 42.6 Å². The number of unbranched alkanes of at least 4 members (excludes halogenated alkanes) is 1. The van der Waals surface area contributed by atoms with Gasteiger partial charge in [0, 0.05) is 13.2 Å². The van der Waals surface area contributed by atoms with Crippen molar-refractivity contribution in [3.63, 3.8) is 0 Å². The average molecular weight is 315 g/mol. The van der Waals surface area contributed by atoms with Gasteiger partial charge in [0.15, 0.2) is 11.5 Å². The van der Waals surface area contributed by atoms with Crippen LogP contribution in [0.25, 0.3) is 0 Å². The summed E-state index contributed by atoms with van der Waals surface area (Å²) >= 11 is 0. The molecule has 0 aliphatic rings. The van der Waals surface area contributed by atoms with Gasteiger partial charge in [-0.25, -0.2) is 0 Å². The summed E-state index contributed by atoms with van der Waals surface area (Å²) in [5.74, 6) is 1.50. The fraction of sp³-hybridized carbons (Fsp3) is 0.368. The van der Waals surface area contributed by atoms with E-state index in [0.29, 0.717) is 6.61 Å². The average Bonchev–Trinajstić information content (AvgIpc) is 2.61. The monoisotopic (exact) mass is 315 g/mol. The van der Waals surface area contributed by atoms with Crippen molar-refractivity contribution in [3.05, 3.63) is 59.7 Å². The maximum atomic E-state index is 8.76. The minimum atomic E-state index is 0.253. The molecular formula is C19H25NO3. The molecule has 0 saturated heterocycles. The molecule has 0 radical (unpaired) electrons. The lowest BCUT2D eigenvalue weighted by atomic mass is 10.2. The Morgan fingerprint density at radius 3 is 2.52 bits per heavy atom. The minimum absolute atomic E-state index is 0.253. The molecule has 4 nitrogen and oxygen atoms in total. The Morgan fingerprint density at radius 2 is 1.78 bits per heavy atom. The molecule has 4 heteroatoms. The lowest BCUT2D eigenvalue weighted by molar-refractivity contribution is 0.283. The first-order chi connectivity index (χ1) is 11.3. The van der Waals surface area contributed by atoms with Gasteiger partial charge in [-0.15, -0.1) is 0 Å². The Balaban J connectivity index is 1.88. The molecule has 0 saturated carbocycles. The Kier molecular flexibility index (Phi) is 7.43. The SMILES string of the molecule is COc1cc(CNCCCCO)ccc1OCc1ccccc1. The van der Waals surface area contributed by atoms with Crippen molar-refractivity contribution < 1.29 is 14.6 Å². The summed E-state index contributed by atoms with van der Waals surface area (Å²) in [4.78, 5) is 0. The third kappa shape index (κ3) is 5.93. The van der Waals surface area contributed by atoms with Gasteiger partial charge < -0.3 is 19.9 Å². The molecule has 124 valence electrons. The van der Waals surface area contributed by atoms with Gasteiger partial charge in [0.05, 0.1) is 7.11 Å². The van der Waals surface area contributed by atoms with Crippen molar-refractivity contribution in [3.8, 4) is 11.5 Å². The zero-order valence-corrected chi connectivity index (χ0v) is 13.6. The standard InChI is InChI=1S/C19H25NO3/c1-22-19-13-17(14-20-11-5-6-12-21)9-10-18(19)23-15-16-7-3-2-4-8-16/h2-4,7-10,13,20-21H,5-6,11-12,14-15H2,1H3. The van der Waals surface area contributed by atoms with Gasteiger partial charge in [0.25, 0.3) is 0 Å². The predicted molar refractivity (Wildman–Crippen MR) is 91.8 cm³/mol. The summed E-state index contributed by atoms with van der Waals surface area (Å²) in [6, 6.07) is 16.1. The first-order valence-electron chi connectivity index (χ1n) is 7.98. The number of aliphatic hydroxyl groups is 1. The maximum absolute atomic E-state index is 8.76. The number of nitrogens with one attached hydrogen (secondary N) is 1. The smallest absolute Gasteiger partial charge is 0.161 e. The van der Waals surface area contributed by atoms with Crippen molar-refractivity contribution in [1.82, 2.24) is 5.32 Å². The minimum Gasteiger partial charge on any atom is -0.493 e. The molecule has 0 atom stereocenters. The first kappa shape index (κ1) is 17.3. The maximum Gasteiger partial charge on any atom is 0.161 e. The number of aliphatic hydroxyl groups excluding tert-OH is 1. The molecule has 0 unspecified atom stereocenters. The Labute approximate surface area is 138 Å². The van der Waals surface area contributed by atoms with E-state index in [0.717, 1.165) is 48.6 Å². The Morgan fingerprint density at radius 1 is 0.957 bits per heavy atom. The molecule has 2 aromatic rings. The fourth-order valence-corrected chi connectivity index (χ4v) is 2.27. The van der Waals surface area contributed by atoms with Gasteiger partial charge in [-0.1, -0.05) is 36.4 Å². The highest BCUT2D eigenvalue weighted by molar-refractivity contribution is 5.43. The van der Waals surface area contributed by atoms with Crippen LogP contribution in [0.4, 0.5) is 0 Å². The zero-order chi connectivity index (χ0) is 16.3. The number of ether oxygens (including phenoxy) is 2. The molecule has 0 bridgehead atoms. The lowest BCUT2D eigenvalue weighted by Gasteiger charge is -2.13. The summed E-state index contributed by atoms with van der Waals surface area (Å²) in [7, 11) is 1.66. The molecule has 23 heavy (non-hydrogen) atoms. The molecular weight excluding hydrogens is 290 g/mol. The largest absolute Gasteiger partial charge is 0.493 e. The van der Waals surface area contributed by atoms with Crippen LogP contribution >= 0.6 is 0 Å². The number of methoxy groups -OCH3 is 1. The second kappa shape index (κ2) is 9.87. The molecule has 0 aliphatic heterocycles. The van der Waals surface area contributed by atoms with E-state index < -0.39 is 0 Å². The molecule has 2 N–H and O–H groups in total. The van der Waals surface area contributed by atoms with Crippen LogP contribution < -0.4 is 14.8 Å². The predicted octanol–water partition coefficient (Wildman–Crippen LogP) is 3.14. The van der Waals surface area contributed by atoms with Crippen LogP contribution in [0.2, 0.25) is 0 Å². The second-order valence-electron chi connectivity index (χ2n) is 5.37. The zero-order valence-electron chi connectivity index (χ0n) is 13.6. The summed E-state index contributed by atoms with van der Waals surface area (Å²) in [6.07, 6.45) is 1.81. The molecule has 0 fully saturated rings. The van der Waals surface area contributed by atoms with E-state index in [1.54, 1.807) is 7.11 Å². The summed E-state index contributed by atoms with van der Waals surface area (Å²) in [6.45, 7) is 2.45. The van der Waals surface area contributed by atoms with Gasteiger partial charge >= 0.3 is 0 Å². The normalized spacial score (nSPS) is 10.5. The van der Waals surface area contributed by atoms with Crippen molar-refractivity contribution in [2.45, 2.75) is 26.0 Å². The van der Waals surface area contributed by atoms with Gasteiger partial charge in [0.1, 0.15) is 6.61 Å². The van der Waals surface area contributed by atoms with E-state index in [1.807, 2.05) is 48.5 Å². The molecule has 0 aliphatic carbocycles. The van der Waals surface area contributed by atoms with E-state index >= 15 is 0 Å². The summed E-state index contributed by atoms with van der Waals surface area (Å²) in [5, 5.41) is 12.1. The summed E-state index contributed by atoms with van der Waals surface area (Å²) < 4.78 is 11.3. The molecule has 0 amide bonds. The van der Waals surface area contributed by atoms with Crippen LogP contribution in [-0.4, -0.2) is 25.4 Å². The lowest BCUT2D eigenvalue weighted by Crippen LogP contribution is -2.15. The fourth-order valence-electron chi connectivity index (χ4n) is 2.27. The molecule has 2 aromatic carbocycles. The van der Waals surface area contributed by atoms with Gasteiger partial charge in [-0.2, -0.15) is 0 Å². The molecule has 2 rings (SSSR count). The highest BCUT2D eigenvalue weighted by Crippen LogP contribution is 2.28. The molecule has 0 heterocycles. The van der Waals surface area contributed by atoms with Crippen molar-refractivity contribution in [2.75, 3.05) is 20.3 Å². The number of hydrogen-bond donors (Lipinski definition) is 2. The highest BCUT2D eigenvalue weighted by Gasteiger charge is 2.06. The number of rotatable bonds is 10. The van der Waals surface area contributed by atoms with Crippen molar-refractivity contribution >= 4 is 0 Å². The van der Waals surface area contributed by atoms with Gasteiger partial charge in [-0.3, -0.25) is 0 Å². The van der Waals surface area contributed by atoms with Crippen LogP contribution in [0.5, 0.6) is 11.5 Å². The third-order valence-corrected chi connectivity index (χ3v) is 3.56. The quantitative estimate of drug-likeness (QED) is 0.661. The van der Waals surface area contributed by atoms with Crippen LogP contribution in [0.3, 0.4) is 0 Å². The van der Waals surface area contributed by atoms with Crippen molar-refractivity contribution in [2.24, 2.45) is 0 Å². The van der Waals surface area contributed by atoms with Crippen LogP contribution in [-0.2, 0) is 13.2 Å². The van der Waals surface area contributed by atoms with Crippen LogP contribution in [0.1, 0.15) is 24.0 Å². The van der Waals surface area contributed by atoms with E-state index in [4.69, 9.17) is 14.6 Å². The van der Waals surface area contributed by atoms with Crippen molar-refractivity contribution in [1.29, 1.82) is 0 Å². The first-order valence-corrected chi connectivity index (χ1v) is 7.98. The van der Waals surface area contributed by atoms with Crippen LogP contribution in [0, 0.1) is 0 Å². The molecule has 0 spiro atoms. The highest BCUT2D eigenvalue weighted by atomic mass is 16.5. The number of hydrogen-bond acceptors (Lipinski definition) is 4. The Hall–Kier alpha value is -2.04. The van der Waals surface area contributed by atoms with E-state index in [9.17, 15) is 0 Å². The van der Waals surface area contributed by atoms with Gasteiger partial charge in [0.2, 0.25) is 0 Å². The van der Waals surface area contributed by atoms with E-state index in [-0.39, 0.29) is 6.61 Å². The van der Waals surface area contributed by atoms with E-state index in [1.165, 1.54) is 0 Å². The number of benzene rings is 2. The van der Waals surface area contributed by atoms with Crippen LogP contribution in [0.15, 0.2) is 48.5 Å². The third-order valence-electron chi connectivity index (χ3n) is 3.56. The Bertz CT molecular complexity index is 572.